The van der Waals surface area contributed by atoms with Crippen LogP contribution in [0.1, 0.15) is 93.4 Å². The Hall–Kier alpha value is -6.01. The second-order valence-corrected chi connectivity index (χ2v) is 15.0. The predicted octanol–water partition coefficient (Wildman–Crippen LogP) is 8.95. The van der Waals surface area contributed by atoms with Crippen molar-refractivity contribution in [2.24, 2.45) is 0 Å². The molecule has 2 aliphatic heterocycles. The lowest BCUT2D eigenvalue weighted by molar-refractivity contribution is -0.137. The number of piperidine rings is 1. The quantitative estimate of drug-likeness (QED) is 0.116. The molecule has 3 heterocycles. The number of nitrogens with one attached hydrogen (secondary N) is 2. The minimum absolute atomic E-state index is 0.102. The van der Waals surface area contributed by atoms with Crippen LogP contribution in [0.3, 0.4) is 0 Å². The highest BCUT2D eigenvalue weighted by molar-refractivity contribution is 6.01. The normalized spacial score (nSPS) is 15.8. The molecule has 9 nitrogen and oxygen atoms in total. The van der Waals surface area contributed by atoms with Crippen molar-refractivity contribution < 1.29 is 32.3 Å². The van der Waals surface area contributed by atoms with E-state index in [2.05, 4.69) is 34.2 Å². The lowest BCUT2D eigenvalue weighted by Crippen LogP contribution is -2.46. The fraction of sp³-hybridized carbons (Fsp3) is 0.304. The van der Waals surface area contributed by atoms with Crippen molar-refractivity contribution in [3.05, 3.63) is 149 Å². The molecule has 7 rings (SSSR count). The molecule has 12 heteroatoms. The van der Waals surface area contributed by atoms with E-state index in [9.17, 15) is 27.6 Å². The molecular weight excluding hydrogens is 744 g/mol. The Bertz CT molecular complexity index is 2320. The first kappa shape index (κ1) is 40.2. The van der Waals surface area contributed by atoms with Gasteiger partial charge in [0.1, 0.15) is 17.5 Å². The van der Waals surface area contributed by atoms with Crippen LogP contribution in [0.2, 0.25) is 0 Å². The number of allylic oxidation sites excluding steroid dienone is 1. The molecule has 0 aliphatic carbocycles. The molecule has 3 amide bonds. The molecule has 1 saturated heterocycles. The zero-order valence-corrected chi connectivity index (χ0v) is 32.5. The molecule has 0 bridgehead atoms. The highest BCUT2D eigenvalue weighted by Gasteiger charge is 2.36. The molecule has 0 spiro atoms. The Morgan fingerprint density at radius 2 is 1.74 bits per heavy atom. The first-order chi connectivity index (χ1) is 27.9. The van der Waals surface area contributed by atoms with Gasteiger partial charge in [-0.25, -0.2) is 0 Å². The highest BCUT2D eigenvalue weighted by Crippen LogP contribution is 2.36. The Kier molecular flexibility index (Phi) is 11.9. The number of fused-ring (bicyclic) bond motifs is 2. The molecule has 0 radical (unpaired) electrons. The van der Waals surface area contributed by atoms with Crippen molar-refractivity contribution in [3.8, 4) is 11.5 Å². The molecule has 2 atom stereocenters. The zero-order chi connectivity index (χ0) is 41.0. The standard InChI is InChI=1S/C46H46F3N5O4/c1-4-5-11-41(44(56)50-3)54-27-34-25-31(13-20-39(34)45(54)57)30-21-23-53(24-22-30)28-36-9-7-10-40(52-36)29(2)51-43(55)33-14-19-38-32(26-33)8-6-12-42(38)58-37-17-15-35(16-18-37)46(47,48)49/h4,6-10,12-20,25-26,29-30,41H,1,5,11,21-24,27-28H2,2-3H3,(H,50,56)(H,51,55). The SMILES string of the molecule is C=CCCC(C(=O)NC)N1Cc2cc(C3CCN(Cc4cccc(C(C)NC(=O)c5ccc6c(Oc7ccc(C(F)(F)F)cc7)cccc6c5)n4)CC3)ccc2C1=O. The van der Waals surface area contributed by atoms with E-state index in [0.29, 0.717) is 54.1 Å². The molecule has 4 aromatic carbocycles. The number of hydrogen-bond acceptors (Lipinski definition) is 6. The van der Waals surface area contributed by atoms with Crippen molar-refractivity contribution in [2.75, 3.05) is 20.1 Å². The van der Waals surface area contributed by atoms with Gasteiger partial charge in [-0.3, -0.25) is 24.3 Å². The topological polar surface area (TPSA) is 104 Å². The number of ether oxygens (including phenoxy) is 1. The van der Waals surface area contributed by atoms with Gasteiger partial charge in [-0.1, -0.05) is 36.4 Å². The van der Waals surface area contributed by atoms with E-state index in [-0.39, 0.29) is 29.5 Å². The van der Waals surface area contributed by atoms with Gasteiger partial charge in [0, 0.05) is 36.7 Å². The van der Waals surface area contributed by atoms with Gasteiger partial charge >= 0.3 is 6.18 Å². The summed E-state index contributed by atoms with van der Waals surface area (Å²) in [5.41, 5.74) is 4.23. The van der Waals surface area contributed by atoms with Crippen LogP contribution in [-0.2, 0) is 24.1 Å². The van der Waals surface area contributed by atoms with Crippen LogP contribution in [0.4, 0.5) is 13.2 Å². The third-order valence-electron chi connectivity index (χ3n) is 11.1. The third-order valence-corrected chi connectivity index (χ3v) is 11.1. The summed E-state index contributed by atoms with van der Waals surface area (Å²) in [7, 11) is 1.60. The Morgan fingerprint density at radius 3 is 2.47 bits per heavy atom. The van der Waals surface area contributed by atoms with E-state index < -0.39 is 17.8 Å². The van der Waals surface area contributed by atoms with Gasteiger partial charge < -0.3 is 20.3 Å². The van der Waals surface area contributed by atoms with E-state index in [0.717, 1.165) is 60.4 Å². The number of halogens is 3. The molecule has 2 N–H and O–H groups in total. The molecule has 2 unspecified atom stereocenters. The number of likely N-dealkylation sites (N-methyl/N-ethyl adjacent to an activating group) is 1. The summed E-state index contributed by atoms with van der Waals surface area (Å²) >= 11 is 0. The number of carbonyl (C=O) groups excluding carboxylic acids is 3. The summed E-state index contributed by atoms with van der Waals surface area (Å²) in [6.45, 7) is 8.56. The number of carbonyl (C=O) groups is 3. The van der Waals surface area contributed by atoms with Crippen molar-refractivity contribution in [3.63, 3.8) is 0 Å². The van der Waals surface area contributed by atoms with Crippen LogP contribution in [0, 0.1) is 0 Å². The highest BCUT2D eigenvalue weighted by atomic mass is 19.4. The molecule has 2 aliphatic rings. The number of hydrogen-bond donors (Lipinski definition) is 2. The van der Waals surface area contributed by atoms with Gasteiger partial charge in [0.2, 0.25) is 5.91 Å². The average Bonchev–Trinajstić information content (AvgIpc) is 3.55. The molecule has 1 aromatic heterocycles. The zero-order valence-electron chi connectivity index (χ0n) is 32.5. The van der Waals surface area contributed by atoms with Crippen molar-refractivity contribution >= 4 is 28.5 Å². The van der Waals surface area contributed by atoms with E-state index in [4.69, 9.17) is 9.72 Å². The summed E-state index contributed by atoms with van der Waals surface area (Å²) in [4.78, 5) is 48.3. The molecular formula is C46H46F3N5O4. The molecule has 5 aromatic rings. The number of likely N-dealkylation sites (tertiary alicyclic amines) is 1. The largest absolute Gasteiger partial charge is 0.457 e. The van der Waals surface area contributed by atoms with E-state index in [1.165, 1.54) is 17.7 Å². The second kappa shape index (κ2) is 17.2. The van der Waals surface area contributed by atoms with Gasteiger partial charge in [-0.2, -0.15) is 13.2 Å². The first-order valence-electron chi connectivity index (χ1n) is 19.5. The van der Waals surface area contributed by atoms with Gasteiger partial charge in [-0.05, 0) is 135 Å². The van der Waals surface area contributed by atoms with E-state index >= 15 is 0 Å². The molecule has 300 valence electrons. The van der Waals surface area contributed by atoms with Crippen molar-refractivity contribution in [1.29, 1.82) is 0 Å². The molecule has 0 saturated carbocycles. The number of amides is 3. The average molecular weight is 790 g/mol. The number of pyridine rings is 1. The van der Waals surface area contributed by atoms with E-state index in [1.807, 2.05) is 37.3 Å². The van der Waals surface area contributed by atoms with Crippen LogP contribution < -0.4 is 15.4 Å². The monoisotopic (exact) mass is 789 g/mol. The maximum Gasteiger partial charge on any atom is 0.416 e. The summed E-state index contributed by atoms with van der Waals surface area (Å²) in [5.74, 6) is 0.569. The number of rotatable bonds is 13. The van der Waals surface area contributed by atoms with Crippen molar-refractivity contribution in [2.45, 2.75) is 69.9 Å². The molecule has 58 heavy (non-hydrogen) atoms. The van der Waals surface area contributed by atoms with Crippen LogP contribution in [-0.4, -0.2) is 58.7 Å². The Balaban J connectivity index is 0.932. The lowest BCUT2D eigenvalue weighted by atomic mass is 9.88. The van der Waals surface area contributed by atoms with Gasteiger partial charge in [0.05, 0.1) is 23.0 Å². The summed E-state index contributed by atoms with van der Waals surface area (Å²) in [5, 5.41) is 7.23. The summed E-state index contributed by atoms with van der Waals surface area (Å²) in [6.07, 6.45) is 0.454. The summed E-state index contributed by atoms with van der Waals surface area (Å²) in [6, 6.07) is 26.2. The fourth-order valence-electron chi connectivity index (χ4n) is 7.90. The Morgan fingerprint density at radius 1 is 0.983 bits per heavy atom. The predicted molar refractivity (Wildman–Crippen MR) is 216 cm³/mol. The van der Waals surface area contributed by atoms with Gasteiger partial charge in [0.25, 0.3) is 11.8 Å². The minimum atomic E-state index is -4.43. The smallest absolute Gasteiger partial charge is 0.416 e. The lowest BCUT2D eigenvalue weighted by Gasteiger charge is -2.32. The first-order valence-corrected chi connectivity index (χ1v) is 19.5. The van der Waals surface area contributed by atoms with Crippen molar-refractivity contribution in [1.82, 2.24) is 25.4 Å². The van der Waals surface area contributed by atoms with Gasteiger partial charge in [0.15, 0.2) is 0 Å². The van der Waals surface area contributed by atoms with Crippen LogP contribution in [0.25, 0.3) is 10.8 Å². The van der Waals surface area contributed by atoms with Crippen LogP contribution >= 0.6 is 0 Å². The number of aromatic nitrogens is 1. The molecule has 1 fully saturated rings. The number of benzene rings is 4. The maximum atomic E-state index is 13.4. The summed E-state index contributed by atoms with van der Waals surface area (Å²) < 4.78 is 44.9. The van der Waals surface area contributed by atoms with E-state index in [1.54, 1.807) is 48.4 Å². The fourth-order valence-corrected chi connectivity index (χ4v) is 7.90. The number of alkyl halides is 3. The second-order valence-electron chi connectivity index (χ2n) is 15.0. The number of nitrogens with zero attached hydrogens (tertiary/aromatic N) is 3. The van der Waals surface area contributed by atoms with Crippen LogP contribution in [0.5, 0.6) is 11.5 Å². The maximum absolute atomic E-state index is 13.4. The third kappa shape index (κ3) is 8.92. The van der Waals surface area contributed by atoms with Gasteiger partial charge in [-0.15, -0.1) is 6.58 Å². The Labute approximate surface area is 335 Å². The van der Waals surface area contributed by atoms with Crippen LogP contribution in [0.15, 0.2) is 110 Å². The minimum Gasteiger partial charge on any atom is -0.457 e.